The summed E-state index contributed by atoms with van der Waals surface area (Å²) in [4.78, 5) is 30.0. The summed E-state index contributed by atoms with van der Waals surface area (Å²) in [5.74, 6) is -0.238. The molecule has 2 amide bonds. The van der Waals surface area contributed by atoms with Crippen molar-refractivity contribution in [3.8, 4) is 11.1 Å². The van der Waals surface area contributed by atoms with Crippen molar-refractivity contribution >= 4 is 34.3 Å². The van der Waals surface area contributed by atoms with Crippen LogP contribution in [-0.2, 0) is 4.79 Å². The van der Waals surface area contributed by atoms with Gasteiger partial charge in [0.25, 0.3) is 5.91 Å². The Balaban J connectivity index is 1.33. The number of fused-ring (bicyclic) bond motifs is 2. The minimum absolute atomic E-state index is 0.0382. The van der Waals surface area contributed by atoms with E-state index in [4.69, 9.17) is 0 Å². The number of amides is 2. The van der Waals surface area contributed by atoms with E-state index in [0.29, 0.717) is 22.7 Å². The quantitative estimate of drug-likeness (QED) is 0.277. The zero-order chi connectivity index (χ0) is 27.3. The molecule has 1 atom stereocenters. The van der Waals surface area contributed by atoms with Gasteiger partial charge in [-0.05, 0) is 86.7 Å². The Labute approximate surface area is 224 Å². The van der Waals surface area contributed by atoms with Crippen molar-refractivity contribution in [3.05, 3.63) is 83.9 Å². The van der Waals surface area contributed by atoms with Gasteiger partial charge < -0.3 is 9.88 Å². The molecule has 1 fully saturated rings. The van der Waals surface area contributed by atoms with Gasteiger partial charge in [-0.3, -0.25) is 14.9 Å². The zero-order valence-electron chi connectivity index (χ0n) is 22.0. The van der Waals surface area contributed by atoms with E-state index < -0.39 is 0 Å². The van der Waals surface area contributed by atoms with Crippen molar-refractivity contribution in [2.45, 2.75) is 45.7 Å². The van der Waals surface area contributed by atoms with Crippen LogP contribution in [0.3, 0.4) is 0 Å². The maximum Gasteiger partial charge on any atom is 0.253 e. The monoisotopic (exact) mass is 524 g/mol. The second kappa shape index (κ2) is 9.65. The third kappa shape index (κ3) is 4.87. The van der Waals surface area contributed by atoms with Gasteiger partial charge in [0.2, 0.25) is 11.9 Å². The summed E-state index contributed by atoms with van der Waals surface area (Å²) < 4.78 is 17.5. The molecule has 0 bridgehead atoms. The van der Waals surface area contributed by atoms with Crippen LogP contribution in [-0.4, -0.2) is 31.0 Å². The lowest BCUT2D eigenvalue weighted by atomic mass is 10.0. The van der Waals surface area contributed by atoms with Gasteiger partial charge in [0.05, 0.1) is 11.6 Å². The number of nitrogens with zero attached hydrogens (tertiary/aromatic N) is 4. The van der Waals surface area contributed by atoms with Crippen LogP contribution in [0.25, 0.3) is 27.7 Å². The minimum atomic E-state index is -0.362. The van der Waals surface area contributed by atoms with Gasteiger partial charge >= 0.3 is 0 Å². The van der Waals surface area contributed by atoms with E-state index in [-0.39, 0.29) is 35.6 Å². The molecule has 0 radical (unpaired) electrons. The fourth-order valence-electron chi connectivity index (χ4n) is 4.85. The average Bonchev–Trinajstić information content (AvgIpc) is 3.58. The molecule has 6 rings (SSSR count). The Morgan fingerprint density at radius 2 is 1.82 bits per heavy atom. The summed E-state index contributed by atoms with van der Waals surface area (Å²) in [6.07, 6.45) is 5.51. The summed E-state index contributed by atoms with van der Waals surface area (Å²) in [5.41, 5.74) is 4.65. The zero-order valence-corrected chi connectivity index (χ0v) is 22.0. The number of hydrogen-bond acceptors (Lipinski definition) is 4. The maximum absolute atomic E-state index is 13.7. The summed E-state index contributed by atoms with van der Waals surface area (Å²) in [7, 11) is 0. The van der Waals surface area contributed by atoms with Crippen LogP contribution in [0, 0.1) is 11.7 Å². The van der Waals surface area contributed by atoms with Gasteiger partial charge in [-0.1, -0.05) is 18.2 Å². The smallest absolute Gasteiger partial charge is 0.253 e. The molecular formula is C30H29FN6O2. The van der Waals surface area contributed by atoms with Crippen molar-refractivity contribution in [1.82, 2.24) is 24.5 Å². The molecule has 1 aliphatic carbocycles. The molecule has 3 heterocycles. The van der Waals surface area contributed by atoms with E-state index in [9.17, 15) is 14.0 Å². The molecule has 0 spiro atoms. The van der Waals surface area contributed by atoms with E-state index in [2.05, 4.69) is 39.1 Å². The predicted octanol–water partition coefficient (Wildman–Crippen LogP) is 5.91. The highest BCUT2D eigenvalue weighted by Gasteiger charge is 2.30. The number of carbonyl (C=O) groups excluding carboxylic acids is 2. The highest BCUT2D eigenvalue weighted by atomic mass is 19.1. The van der Waals surface area contributed by atoms with Crippen molar-refractivity contribution in [2.75, 3.05) is 5.32 Å². The minimum Gasteiger partial charge on any atom is -0.345 e. The number of halogens is 1. The molecule has 1 aliphatic rings. The van der Waals surface area contributed by atoms with Gasteiger partial charge in [-0.2, -0.15) is 4.98 Å². The number of benzene rings is 2. The second-order valence-electron chi connectivity index (χ2n) is 10.4. The fraction of sp³-hybridized carbons (Fsp3) is 0.267. The summed E-state index contributed by atoms with van der Waals surface area (Å²) in [6.45, 7) is 5.99. The highest BCUT2D eigenvalue weighted by molar-refractivity contribution is 6.08. The van der Waals surface area contributed by atoms with Crippen LogP contribution in [0.4, 0.5) is 10.3 Å². The van der Waals surface area contributed by atoms with E-state index in [1.165, 1.54) is 12.1 Å². The predicted molar refractivity (Wildman–Crippen MR) is 148 cm³/mol. The number of carbonyl (C=O) groups is 2. The van der Waals surface area contributed by atoms with Crippen LogP contribution >= 0.6 is 0 Å². The highest BCUT2D eigenvalue weighted by Crippen LogP contribution is 2.32. The lowest BCUT2D eigenvalue weighted by Gasteiger charge is -2.14. The van der Waals surface area contributed by atoms with E-state index in [0.717, 1.165) is 34.9 Å². The molecule has 0 unspecified atom stereocenters. The standard InChI is InChI=1S/C30H29FN6O2/c1-17(2)36-16-25(29(39)32-18(3)20-5-4-6-23(31)13-20)24-14-21(9-10-26(24)36)22-11-12-37-27(15-22)33-30(35-37)34-28(38)19-7-8-19/h4-6,9-19H,7-8H2,1-3H3,(H,32,39)(H,34,35,38)/t18-/m0/s1. The van der Waals surface area contributed by atoms with E-state index in [1.807, 2.05) is 49.6 Å². The van der Waals surface area contributed by atoms with Gasteiger partial charge in [-0.25, -0.2) is 8.91 Å². The Morgan fingerprint density at radius 1 is 1.03 bits per heavy atom. The third-order valence-corrected chi connectivity index (χ3v) is 7.18. The Hall–Kier alpha value is -4.53. The third-order valence-electron chi connectivity index (χ3n) is 7.18. The van der Waals surface area contributed by atoms with Crippen molar-refractivity contribution < 1.29 is 14.0 Å². The lowest BCUT2D eigenvalue weighted by molar-refractivity contribution is -0.117. The van der Waals surface area contributed by atoms with Crippen LogP contribution in [0.15, 0.2) is 67.0 Å². The number of rotatable bonds is 7. The fourth-order valence-corrected chi connectivity index (χ4v) is 4.85. The number of hydrogen-bond donors (Lipinski definition) is 2. The molecule has 9 heteroatoms. The van der Waals surface area contributed by atoms with Crippen molar-refractivity contribution in [3.63, 3.8) is 0 Å². The molecule has 3 aromatic heterocycles. The Kier molecular flexibility index (Phi) is 6.13. The first-order chi connectivity index (χ1) is 18.8. The number of pyridine rings is 1. The molecule has 2 N–H and O–H groups in total. The maximum atomic E-state index is 13.7. The molecule has 198 valence electrons. The molecule has 39 heavy (non-hydrogen) atoms. The summed E-state index contributed by atoms with van der Waals surface area (Å²) in [6, 6.07) is 15.9. The van der Waals surface area contributed by atoms with E-state index in [1.54, 1.807) is 16.6 Å². The van der Waals surface area contributed by atoms with E-state index >= 15 is 0 Å². The van der Waals surface area contributed by atoms with Crippen LogP contribution in [0.1, 0.15) is 61.6 Å². The lowest BCUT2D eigenvalue weighted by Crippen LogP contribution is -2.26. The van der Waals surface area contributed by atoms with Crippen molar-refractivity contribution in [2.24, 2.45) is 5.92 Å². The van der Waals surface area contributed by atoms with Gasteiger partial charge in [0.1, 0.15) is 5.82 Å². The number of nitrogens with one attached hydrogen (secondary N) is 2. The first-order valence-corrected chi connectivity index (χ1v) is 13.2. The number of aromatic nitrogens is 4. The largest absolute Gasteiger partial charge is 0.345 e. The van der Waals surface area contributed by atoms with Gasteiger partial charge in [0.15, 0.2) is 5.65 Å². The van der Waals surface area contributed by atoms with Crippen LogP contribution in [0.2, 0.25) is 0 Å². The SMILES string of the molecule is CC(C)n1cc(C(=O)N[C@@H](C)c2cccc(F)c2)c2cc(-c3ccn4nc(NC(=O)C5CC5)nc4c3)ccc21. The normalized spacial score (nSPS) is 14.2. The molecule has 0 saturated heterocycles. The van der Waals surface area contributed by atoms with Crippen molar-refractivity contribution in [1.29, 1.82) is 0 Å². The molecule has 1 saturated carbocycles. The van der Waals surface area contributed by atoms with Crippen LogP contribution < -0.4 is 10.6 Å². The first kappa shape index (κ1) is 24.8. The number of anilines is 1. The summed E-state index contributed by atoms with van der Waals surface area (Å²) >= 11 is 0. The Morgan fingerprint density at radius 3 is 2.56 bits per heavy atom. The Bertz CT molecular complexity index is 1730. The van der Waals surface area contributed by atoms with Gasteiger partial charge in [0, 0.05) is 35.3 Å². The average molecular weight is 525 g/mol. The molecule has 2 aromatic carbocycles. The molecule has 5 aromatic rings. The topological polar surface area (TPSA) is 93.3 Å². The molecule has 8 nitrogen and oxygen atoms in total. The molecular weight excluding hydrogens is 495 g/mol. The first-order valence-electron chi connectivity index (χ1n) is 13.2. The van der Waals surface area contributed by atoms with Crippen LogP contribution in [0.5, 0.6) is 0 Å². The molecule has 0 aliphatic heterocycles. The summed E-state index contributed by atoms with van der Waals surface area (Å²) in [5, 5.41) is 11.0. The second-order valence-corrected chi connectivity index (χ2v) is 10.4. The van der Waals surface area contributed by atoms with Gasteiger partial charge in [-0.15, -0.1) is 5.10 Å².